The van der Waals surface area contributed by atoms with Gasteiger partial charge in [-0.2, -0.15) is 4.31 Å². The van der Waals surface area contributed by atoms with Crippen LogP contribution in [0.5, 0.6) is 5.75 Å². The zero-order chi connectivity index (χ0) is 20.7. The molecule has 1 aromatic heterocycles. The highest BCUT2D eigenvalue weighted by atomic mass is 32.2. The highest BCUT2D eigenvalue weighted by Gasteiger charge is 2.23. The van der Waals surface area contributed by atoms with Gasteiger partial charge < -0.3 is 19.4 Å². The second-order valence-electron chi connectivity index (χ2n) is 6.39. The maximum Gasteiger partial charge on any atom is 0.279 e. The Morgan fingerprint density at radius 1 is 1.25 bits per heavy atom. The van der Waals surface area contributed by atoms with Gasteiger partial charge in [0.25, 0.3) is 5.91 Å². The summed E-state index contributed by atoms with van der Waals surface area (Å²) >= 11 is 0. The van der Waals surface area contributed by atoms with Crippen molar-refractivity contribution in [2.75, 3.05) is 39.1 Å². The molecule has 2 rings (SSSR count). The first-order valence-electron chi connectivity index (χ1n) is 9.13. The molecule has 0 bridgehead atoms. The zero-order valence-corrected chi connectivity index (χ0v) is 17.5. The van der Waals surface area contributed by atoms with Crippen LogP contribution in [0.4, 0.5) is 5.69 Å². The van der Waals surface area contributed by atoms with Gasteiger partial charge in [-0.25, -0.2) is 8.42 Å². The smallest absolute Gasteiger partial charge is 0.279 e. The van der Waals surface area contributed by atoms with Crippen molar-refractivity contribution in [3.8, 4) is 5.75 Å². The summed E-state index contributed by atoms with van der Waals surface area (Å²) < 4.78 is 37.4. The first kappa shape index (κ1) is 21.9. The summed E-state index contributed by atoms with van der Waals surface area (Å²) in [7, 11) is -0.287. The first-order valence-corrected chi connectivity index (χ1v) is 10.6. The fourth-order valence-electron chi connectivity index (χ4n) is 2.90. The fraction of sp³-hybridized carbons (Fsp3) is 0.421. The molecule has 1 heterocycles. The molecule has 0 aliphatic rings. The number of carbonyl (C=O) groups excluding carboxylic acids is 1. The molecule has 1 unspecified atom stereocenters. The zero-order valence-electron chi connectivity index (χ0n) is 16.7. The molecule has 2 aromatic rings. The van der Waals surface area contributed by atoms with Gasteiger partial charge in [-0.3, -0.25) is 4.79 Å². The number of ether oxygens (including phenoxy) is 1. The predicted molar refractivity (Wildman–Crippen MR) is 106 cm³/mol. The van der Waals surface area contributed by atoms with Crippen LogP contribution in [0.25, 0.3) is 0 Å². The van der Waals surface area contributed by atoms with Gasteiger partial charge in [-0.1, -0.05) is 13.8 Å². The molecular formula is C19H28N3O5S+. The molecule has 0 fully saturated rings. The van der Waals surface area contributed by atoms with Gasteiger partial charge in [-0.15, -0.1) is 0 Å². The summed E-state index contributed by atoms with van der Waals surface area (Å²) in [5, 5.41) is 2.76. The lowest BCUT2D eigenvalue weighted by Gasteiger charge is -2.20. The van der Waals surface area contributed by atoms with E-state index in [9.17, 15) is 13.2 Å². The highest BCUT2D eigenvalue weighted by Crippen LogP contribution is 2.28. The van der Waals surface area contributed by atoms with Gasteiger partial charge in [0, 0.05) is 13.1 Å². The topological polar surface area (TPSA) is 93.3 Å². The molecule has 1 amide bonds. The van der Waals surface area contributed by atoms with Gasteiger partial charge >= 0.3 is 0 Å². The largest absolute Gasteiger partial charge is 0.495 e. The number of hydrogen-bond acceptors (Lipinski definition) is 5. The standard InChI is InChI=1S/C19H27N3O5S/c1-5-22(6-2)28(24,25)16-9-10-18(26-4)17(12-16)20-19(23)14-21(3)13-15-8-7-11-27-15/h7-12H,5-6,13-14H2,1-4H3,(H,20,23)/p+1. The van der Waals surface area contributed by atoms with Crippen LogP contribution in [0.2, 0.25) is 0 Å². The number of carbonyl (C=O) groups is 1. The number of quaternary nitrogens is 1. The molecule has 1 aromatic carbocycles. The summed E-state index contributed by atoms with van der Waals surface area (Å²) in [6, 6.07) is 8.12. The lowest BCUT2D eigenvalue weighted by molar-refractivity contribution is -0.886. The molecule has 0 radical (unpaired) electrons. The Kier molecular flexibility index (Phi) is 7.61. The van der Waals surface area contributed by atoms with E-state index >= 15 is 0 Å². The molecule has 1 atom stereocenters. The number of likely N-dealkylation sites (N-methyl/N-ethyl adjacent to an activating group) is 1. The molecule has 2 N–H and O–H groups in total. The average molecular weight is 411 g/mol. The minimum Gasteiger partial charge on any atom is -0.495 e. The number of benzene rings is 1. The molecule has 9 heteroatoms. The number of hydrogen-bond donors (Lipinski definition) is 2. The molecular weight excluding hydrogens is 382 g/mol. The van der Waals surface area contributed by atoms with Crippen molar-refractivity contribution in [1.29, 1.82) is 0 Å². The summed E-state index contributed by atoms with van der Waals surface area (Å²) in [5.41, 5.74) is 0.325. The number of methoxy groups -OCH3 is 1. The van der Waals surface area contributed by atoms with Gasteiger partial charge in [0.15, 0.2) is 12.3 Å². The van der Waals surface area contributed by atoms with Crippen LogP contribution in [-0.2, 0) is 21.4 Å². The van der Waals surface area contributed by atoms with Crippen molar-refractivity contribution < 1.29 is 27.3 Å². The third-order valence-corrected chi connectivity index (χ3v) is 6.35. The van der Waals surface area contributed by atoms with Crippen LogP contribution in [0.1, 0.15) is 19.6 Å². The Balaban J connectivity index is 2.16. The number of sulfonamides is 1. The van der Waals surface area contributed by atoms with E-state index in [1.165, 1.54) is 23.5 Å². The van der Waals surface area contributed by atoms with E-state index < -0.39 is 10.0 Å². The lowest BCUT2D eigenvalue weighted by atomic mass is 10.3. The van der Waals surface area contributed by atoms with Crippen molar-refractivity contribution in [3.05, 3.63) is 42.4 Å². The third-order valence-electron chi connectivity index (χ3n) is 4.31. The Bertz CT molecular complexity index is 877. The van der Waals surface area contributed by atoms with Gasteiger partial charge in [0.05, 0.1) is 31.0 Å². The van der Waals surface area contributed by atoms with Crippen LogP contribution in [0.15, 0.2) is 45.9 Å². The Labute approximate surface area is 166 Å². The minimum absolute atomic E-state index is 0.114. The normalized spacial score (nSPS) is 12.8. The van der Waals surface area contributed by atoms with E-state index in [1.54, 1.807) is 32.2 Å². The Morgan fingerprint density at radius 3 is 2.54 bits per heavy atom. The number of nitrogens with one attached hydrogen (secondary N) is 2. The van der Waals surface area contributed by atoms with Crippen molar-refractivity contribution >= 4 is 21.6 Å². The van der Waals surface area contributed by atoms with Crippen LogP contribution >= 0.6 is 0 Å². The molecule has 154 valence electrons. The second kappa shape index (κ2) is 9.72. The quantitative estimate of drug-likeness (QED) is 0.609. The summed E-state index contributed by atoms with van der Waals surface area (Å²) in [6.07, 6.45) is 1.59. The molecule has 0 saturated heterocycles. The summed E-state index contributed by atoms with van der Waals surface area (Å²) in [5.74, 6) is 0.936. The maximum absolute atomic E-state index is 12.7. The molecule has 0 spiro atoms. The van der Waals surface area contributed by atoms with Crippen molar-refractivity contribution in [2.24, 2.45) is 0 Å². The minimum atomic E-state index is -3.63. The van der Waals surface area contributed by atoms with Crippen molar-refractivity contribution in [3.63, 3.8) is 0 Å². The number of furan rings is 1. The van der Waals surface area contributed by atoms with Crippen LogP contribution in [0.3, 0.4) is 0 Å². The number of amides is 1. The number of nitrogens with zero attached hydrogens (tertiary/aromatic N) is 1. The molecule has 8 nitrogen and oxygen atoms in total. The predicted octanol–water partition coefficient (Wildman–Crippen LogP) is 0.972. The molecule has 0 aliphatic carbocycles. The number of rotatable bonds is 10. The van der Waals surface area contributed by atoms with Crippen LogP contribution in [-0.4, -0.2) is 52.4 Å². The van der Waals surface area contributed by atoms with Gasteiger partial charge in [-0.05, 0) is 30.3 Å². The average Bonchev–Trinajstić information content (AvgIpc) is 3.15. The summed E-state index contributed by atoms with van der Waals surface area (Å²) in [6.45, 7) is 5.06. The van der Waals surface area contributed by atoms with E-state index in [0.29, 0.717) is 31.1 Å². The van der Waals surface area contributed by atoms with E-state index in [-0.39, 0.29) is 17.3 Å². The molecule has 0 saturated carbocycles. The Hall–Kier alpha value is -2.36. The van der Waals surface area contributed by atoms with E-state index in [0.717, 1.165) is 10.7 Å². The van der Waals surface area contributed by atoms with E-state index in [1.807, 2.05) is 13.1 Å². The van der Waals surface area contributed by atoms with E-state index in [4.69, 9.17) is 9.15 Å². The molecule has 28 heavy (non-hydrogen) atoms. The SMILES string of the molecule is CCN(CC)S(=O)(=O)c1ccc(OC)c(NC(=O)C[NH+](C)Cc2ccco2)c1. The third kappa shape index (κ3) is 5.34. The Morgan fingerprint density at radius 2 is 1.96 bits per heavy atom. The molecule has 0 aliphatic heterocycles. The van der Waals surface area contributed by atoms with Crippen LogP contribution in [0, 0.1) is 0 Å². The summed E-state index contributed by atoms with van der Waals surface area (Å²) in [4.78, 5) is 13.5. The van der Waals surface area contributed by atoms with Gasteiger partial charge in [0.1, 0.15) is 12.3 Å². The van der Waals surface area contributed by atoms with Crippen LogP contribution < -0.4 is 15.0 Å². The maximum atomic E-state index is 12.7. The van der Waals surface area contributed by atoms with Gasteiger partial charge in [0.2, 0.25) is 10.0 Å². The first-order chi connectivity index (χ1) is 13.3. The fourth-order valence-corrected chi connectivity index (χ4v) is 4.38. The monoisotopic (exact) mass is 410 g/mol. The van der Waals surface area contributed by atoms with Crippen molar-refractivity contribution in [2.45, 2.75) is 25.3 Å². The van der Waals surface area contributed by atoms with Crippen molar-refractivity contribution in [1.82, 2.24) is 4.31 Å². The number of anilines is 1. The highest BCUT2D eigenvalue weighted by molar-refractivity contribution is 7.89. The van der Waals surface area contributed by atoms with E-state index in [2.05, 4.69) is 5.32 Å². The lowest BCUT2D eigenvalue weighted by Crippen LogP contribution is -3.08. The second-order valence-corrected chi connectivity index (χ2v) is 8.33.